The first-order valence-corrected chi connectivity index (χ1v) is 3.92. The first-order chi connectivity index (χ1) is 4.70. The maximum atomic E-state index is 10.8. The van der Waals surface area contributed by atoms with Gasteiger partial charge in [-0.3, -0.25) is 4.79 Å². The maximum Gasteiger partial charge on any atom is 0.132 e. The molecule has 0 spiro atoms. The average molecular weight is 161 g/mol. The molecule has 0 heterocycles. The summed E-state index contributed by atoms with van der Waals surface area (Å²) in [6, 6.07) is 0. The van der Waals surface area contributed by atoms with Gasteiger partial charge in [0, 0.05) is 18.4 Å². The zero-order valence-corrected chi connectivity index (χ0v) is 7.24. The second-order valence-corrected chi connectivity index (χ2v) is 2.57. The van der Waals surface area contributed by atoms with Crippen LogP contribution in [0.15, 0.2) is 11.1 Å². The van der Waals surface area contributed by atoms with Crippen LogP contribution in [0.5, 0.6) is 0 Å². The summed E-state index contributed by atoms with van der Waals surface area (Å²) < 4.78 is 0. The highest BCUT2D eigenvalue weighted by molar-refractivity contribution is 6.25. The molecule has 0 fully saturated rings. The fourth-order valence-electron chi connectivity index (χ4n) is 0.568. The molecule has 0 aromatic carbocycles. The van der Waals surface area contributed by atoms with E-state index in [2.05, 4.69) is 0 Å². The molecule has 1 nitrogen and oxygen atoms in total. The van der Waals surface area contributed by atoms with Crippen molar-refractivity contribution in [2.45, 2.75) is 33.1 Å². The second kappa shape index (κ2) is 5.48. The predicted octanol–water partition coefficient (Wildman–Crippen LogP) is 2.89. The van der Waals surface area contributed by atoms with Crippen molar-refractivity contribution in [2.75, 3.05) is 0 Å². The summed E-state index contributed by atoms with van der Waals surface area (Å²) in [7, 11) is 0. The van der Waals surface area contributed by atoms with Crippen molar-refractivity contribution in [3.8, 4) is 0 Å². The van der Waals surface area contributed by atoms with E-state index in [4.69, 9.17) is 11.6 Å². The van der Waals surface area contributed by atoms with E-state index in [1.54, 1.807) is 0 Å². The number of rotatable bonds is 4. The summed E-state index contributed by atoms with van der Waals surface area (Å²) in [4.78, 5) is 10.8. The highest BCUT2D eigenvalue weighted by Crippen LogP contribution is 2.06. The highest BCUT2D eigenvalue weighted by atomic mass is 35.5. The van der Waals surface area contributed by atoms with Crippen LogP contribution in [0.2, 0.25) is 0 Å². The molecule has 0 unspecified atom stereocenters. The largest absolute Gasteiger partial charge is 0.300 e. The number of hydrogen-bond acceptors (Lipinski definition) is 1. The van der Waals surface area contributed by atoms with Gasteiger partial charge < -0.3 is 0 Å². The lowest BCUT2D eigenvalue weighted by Gasteiger charge is -1.96. The van der Waals surface area contributed by atoms with E-state index in [9.17, 15) is 4.79 Å². The number of allylic oxidation sites excluding steroid dienone is 1. The molecule has 0 radical (unpaired) electrons. The normalized spacial score (nSPS) is 11.7. The summed E-state index contributed by atoms with van der Waals surface area (Å²) in [5.74, 6) is 0.304. The lowest BCUT2D eigenvalue weighted by atomic mass is 10.1. The van der Waals surface area contributed by atoms with E-state index in [1.165, 1.54) is 5.54 Å². The van der Waals surface area contributed by atoms with Gasteiger partial charge in [-0.1, -0.05) is 24.1 Å². The molecule has 0 atom stereocenters. The minimum Gasteiger partial charge on any atom is -0.300 e. The molecule has 0 aliphatic heterocycles. The molecular weight excluding hydrogens is 148 g/mol. The van der Waals surface area contributed by atoms with Gasteiger partial charge in [-0.05, 0) is 13.3 Å². The SMILES string of the molecule is CCC(=O)CCC(C)=CCl. The molecule has 0 aliphatic carbocycles. The van der Waals surface area contributed by atoms with Gasteiger partial charge in [0.2, 0.25) is 0 Å². The minimum atomic E-state index is 0.304. The molecule has 0 aromatic heterocycles. The van der Waals surface area contributed by atoms with Gasteiger partial charge in [-0.25, -0.2) is 0 Å². The van der Waals surface area contributed by atoms with Gasteiger partial charge in [0.05, 0.1) is 0 Å². The van der Waals surface area contributed by atoms with Crippen LogP contribution in [-0.4, -0.2) is 5.78 Å². The molecule has 58 valence electrons. The predicted molar refractivity (Wildman–Crippen MR) is 44.1 cm³/mol. The van der Waals surface area contributed by atoms with Crippen molar-refractivity contribution in [3.05, 3.63) is 11.1 Å². The summed E-state index contributed by atoms with van der Waals surface area (Å²) in [6.07, 6.45) is 2.07. The van der Waals surface area contributed by atoms with Crippen LogP contribution in [0.3, 0.4) is 0 Å². The molecule has 0 rings (SSSR count). The third kappa shape index (κ3) is 4.57. The van der Waals surface area contributed by atoms with Crippen LogP contribution >= 0.6 is 11.6 Å². The molecule has 0 bridgehead atoms. The number of carbonyl (C=O) groups is 1. The molecule has 0 aliphatic rings. The molecule has 0 saturated heterocycles. The molecule has 0 N–H and O–H groups in total. The zero-order chi connectivity index (χ0) is 7.98. The minimum absolute atomic E-state index is 0.304. The van der Waals surface area contributed by atoms with Gasteiger partial charge >= 0.3 is 0 Å². The average Bonchev–Trinajstić information content (AvgIpc) is 1.99. The van der Waals surface area contributed by atoms with Gasteiger partial charge in [-0.2, -0.15) is 0 Å². The lowest BCUT2D eigenvalue weighted by Crippen LogP contribution is -1.94. The lowest BCUT2D eigenvalue weighted by molar-refractivity contribution is -0.118. The van der Waals surface area contributed by atoms with Crippen molar-refractivity contribution in [3.63, 3.8) is 0 Å². The van der Waals surface area contributed by atoms with E-state index in [0.717, 1.165) is 12.0 Å². The van der Waals surface area contributed by atoms with E-state index in [-0.39, 0.29) is 0 Å². The van der Waals surface area contributed by atoms with Gasteiger partial charge in [0.1, 0.15) is 5.78 Å². The Kier molecular flexibility index (Phi) is 5.32. The van der Waals surface area contributed by atoms with Gasteiger partial charge in [0.25, 0.3) is 0 Å². The quantitative estimate of drug-likeness (QED) is 0.618. The van der Waals surface area contributed by atoms with E-state index >= 15 is 0 Å². The van der Waals surface area contributed by atoms with Gasteiger partial charge in [0.15, 0.2) is 0 Å². The third-order valence-electron chi connectivity index (χ3n) is 1.38. The molecule has 0 saturated carbocycles. The van der Waals surface area contributed by atoms with Crippen molar-refractivity contribution in [1.82, 2.24) is 0 Å². The Balaban J connectivity index is 3.45. The van der Waals surface area contributed by atoms with Crippen molar-refractivity contribution < 1.29 is 4.79 Å². The number of ketones is 1. The standard InChI is InChI=1S/C8H13ClO/c1-3-8(10)5-4-7(2)6-9/h6H,3-5H2,1-2H3. The number of Topliss-reactive ketones (excluding diaryl/α,β-unsaturated/α-hetero) is 1. The smallest absolute Gasteiger partial charge is 0.132 e. The molecular formula is C8H13ClO. The van der Waals surface area contributed by atoms with Crippen LogP contribution < -0.4 is 0 Å². The topological polar surface area (TPSA) is 17.1 Å². The first kappa shape index (κ1) is 9.70. The Morgan fingerprint density at radius 3 is 2.50 bits per heavy atom. The highest BCUT2D eigenvalue weighted by Gasteiger charge is 1.97. The fraction of sp³-hybridized carbons (Fsp3) is 0.625. The fourth-order valence-corrected chi connectivity index (χ4v) is 0.677. The van der Waals surface area contributed by atoms with E-state index < -0.39 is 0 Å². The maximum absolute atomic E-state index is 10.8. The zero-order valence-electron chi connectivity index (χ0n) is 6.48. The monoisotopic (exact) mass is 160 g/mol. The number of carbonyl (C=O) groups excluding carboxylic acids is 1. The van der Waals surface area contributed by atoms with Crippen LogP contribution in [0, 0.1) is 0 Å². The Hall–Kier alpha value is -0.300. The van der Waals surface area contributed by atoms with Gasteiger partial charge in [-0.15, -0.1) is 0 Å². The van der Waals surface area contributed by atoms with E-state index in [1.807, 2.05) is 13.8 Å². The molecule has 0 amide bonds. The summed E-state index contributed by atoms with van der Waals surface area (Å²) >= 11 is 5.41. The summed E-state index contributed by atoms with van der Waals surface area (Å²) in [5.41, 5.74) is 2.60. The molecule has 10 heavy (non-hydrogen) atoms. The van der Waals surface area contributed by atoms with Crippen molar-refractivity contribution in [1.29, 1.82) is 0 Å². The van der Waals surface area contributed by atoms with Crippen molar-refractivity contribution in [2.24, 2.45) is 0 Å². The Bertz CT molecular complexity index is 138. The van der Waals surface area contributed by atoms with Crippen LogP contribution in [0.4, 0.5) is 0 Å². The number of hydrogen-bond donors (Lipinski definition) is 0. The first-order valence-electron chi connectivity index (χ1n) is 3.48. The number of halogens is 1. The third-order valence-corrected chi connectivity index (χ3v) is 1.75. The Morgan fingerprint density at radius 1 is 1.50 bits per heavy atom. The van der Waals surface area contributed by atoms with Crippen LogP contribution in [-0.2, 0) is 4.79 Å². The summed E-state index contributed by atoms with van der Waals surface area (Å²) in [5, 5.41) is 0. The van der Waals surface area contributed by atoms with E-state index in [0.29, 0.717) is 18.6 Å². The summed E-state index contributed by atoms with van der Waals surface area (Å²) in [6.45, 7) is 3.80. The van der Waals surface area contributed by atoms with Crippen molar-refractivity contribution >= 4 is 17.4 Å². The molecule has 2 heteroatoms. The molecule has 0 aromatic rings. The van der Waals surface area contributed by atoms with Crippen LogP contribution in [0.25, 0.3) is 0 Å². The Labute approximate surface area is 67.1 Å². The second-order valence-electron chi connectivity index (χ2n) is 2.35. The Morgan fingerprint density at radius 2 is 2.10 bits per heavy atom. The van der Waals surface area contributed by atoms with Crippen LogP contribution in [0.1, 0.15) is 33.1 Å².